The summed E-state index contributed by atoms with van der Waals surface area (Å²) in [6.07, 6.45) is -1.30. The molecule has 0 radical (unpaired) electrons. The Morgan fingerprint density at radius 2 is 1.54 bits per heavy atom. The Bertz CT molecular complexity index is 795. The number of rotatable bonds is 8. The number of esters is 1. The van der Waals surface area contributed by atoms with Crippen molar-refractivity contribution in [2.24, 2.45) is 0 Å². The zero-order valence-electron chi connectivity index (χ0n) is 15.8. The lowest BCUT2D eigenvalue weighted by Crippen LogP contribution is -2.50. The Kier molecular flexibility index (Phi) is 7.71. The van der Waals surface area contributed by atoms with Crippen LogP contribution in [0.3, 0.4) is 0 Å². The van der Waals surface area contributed by atoms with E-state index in [9.17, 15) is 19.5 Å². The van der Waals surface area contributed by atoms with Gasteiger partial charge in [-0.2, -0.15) is 0 Å². The summed E-state index contributed by atoms with van der Waals surface area (Å²) < 4.78 is 4.65. The van der Waals surface area contributed by atoms with Gasteiger partial charge in [0.15, 0.2) is 6.10 Å². The highest BCUT2D eigenvalue weighted by atomic mass is 16.5. The van der Waals surface area contributed by atoms with Gasteiger partial charge in [-0.15, -0.1) is 0 Å². The Balaban J connectivity index is 2.22. The first kappa shape index (κ1) is 21.1. The molecule has 3 atom stereocenters. The number of carbonyl (C=O) groups is 3. The maximum Gasteiger partial charge on any atom is 0.328 e. The van der Waals surface area contributed by atoms with Crippen molar-refractivity contribution in [3.05, 3.63) is 71.8 Å². The maximum absolute atomic E-state index is 12.6. The standard InChI is InChI=1S/C21H24N2O5/c1-3-16(21(27)28-2)22-20(26)18(24)17(14-10-6-4-7-11-14)23-19(25)15-12-8-5-9-13-15/h4-13,16-18,24H,3H2,1-2H3,(H,22,26)(H,23,25)/t16-,17-,18+/m0/s1. The molecule has 7 heteroatoms. The van der Waals surface area contributed by atoms with Crippen LogP contribution in [0.5, 0.6) is 0 Å². The average Bonchev–Trinajstić information content (AvgIpc) is 2.75. The highest BCUT2D eigenvalue weighted by Crippen LogP contribution is 2.18. The molecule has 0 spiro atoms. The van der Waals surface area contributed by atoms with Gasteiger partial charge < -0.3 is 20.5 Å². The molecular weight excluding hydrogens is 360 g/mol. The second-order valence-corrected chi connectivity index (χ2v) is 6.17. The van der Waals surface area contributed by atoms with Crippen LogP contribution >= 0.6 is 0 Å². The molecular formula is C21H24N2O5. The zero-order valence-corrected chi connectivity index (χ0v) is 15.8. The Morgan fingerprint density at radius 3 is 2.07 bits per heavy atom. The molecule has 0 aliphatic carbocycles. The number of benzene rings is 2. The lowest BCUT2D eigenvalue weighted by molar-refractivity contribution is -0.146. The van der Waals surface area contributed by atoms with E-state index in [4.69, 9.17) is 0 Å². The number of nitrogens with one attached hydrogen (secondary N) is 2. The molecule has 28 heavy (non-hydrogen) atoms. The first-order valence-electron chi connectivity index (χ1n) is 8.95. The molecule has 0 aliphatic heterocycles. The van der Waals surface area contributed by atoms with Gasteiger partial charge >= 0.3 is 5.97 Å². The summed E-state index contributed by atoms with van der Waals surface area (Å²) in [5, 5.41) is 15.8. The fourth-order valence-corrected chi connectivity index (χ4v) is 2.70. The number of amides is 2. The summed E-state index contributed by atoms with van der Waals surface area (Å²) in [7, 11) is 1.22. The summed E-state index contributed by atoms with van der Waals surface area (Å²) in [6.45, 7) is 1.71. The SMILES string of the molecule is CC[C@H](NC(=O)[C@H](O)[C@@H](NC(=O)c1ccccc1)c1ccccc1)C(=O)OC. The molecule has 0 unspecified atom stereocenters. The normalized spacial score (nSPS) is 13.7. The summed E-state index contributed by atoms with van der Waals surface area (Å²) in [5.41, 5.74) is 0.956. The topological polar surface area (TPSA) is 105 Å². The van der Waals surface area contributed by atoms with E-state index in [2.05, 4.69) is 15.4 Å². The van der Waals surface area contributed by atoms with Crippen LogP contribution in [0.15, 0.2) is 60.7 Å². The molecule has 3 N–H and O–H groups in total. The minimum atomic E-state index is -1.60. The van der Waals surface area contributed by atoms with Crippen LogP contribution in [-0.4, -0.2) is 42.1 Å². The van der Waals surface area contributed by atoms with E-state index in [-0.39, 0.29) is 0 Å². The first-order chi connectivity index (χ1) is 13.5. The molecule has 2 aromatic rings. The van der Waals surface area contributed by atoms with Gasteiger partial charge in [0.2, 0.25) is 0 Å². The van der Waals surface area contributed by atoms with Crippen molar-refractivity contribution in [3.8, 4) is 0 Å². The molecule has 2 rings (SSSR count). The predicted octanol–water partition coefficient (Wildman–Crippen LogP) is 1.59. The van der Waals surface area contributed by atoms with Crippen molar-refractivity contribution in [2.75, 3.05) is 7.11 Å². The largest absolute Gasteiger partial charge is 0.467 e. The van der Waals surface area contributed by atoms with E-state index >= 15 is 0 Å². The second kappa shape index (κ2) is 10.2. The van der Waals surface area contributed by atoms with Gasteiger partial charge in [-0.05, 0) is 24.1 Å². The van der Waals surface area contributed by atoms with Crippen LogP contribution in [0.1, 0.15) is 35.3 Å². The minimum absolute atomic E-state index is 0.303. The van der Waals surface area contributed by atoms with Gasteiger partial charge in [0.05, 0.1) is 13.2 Å². The monoisotopic (exact) mass is 384 g/mol. The van der Waals surface area contributed by atoms with Crippen LogP contribution in [0.25, 0.3) is 0 Å². The van der Waals surface area contributed by atoms with E-state index < -0.39 is 36.0 Å². The van der Waals surface area contributed by atoms with Crippen LogP contribution in [-0.2, 0) is 14.3 Å². The molecule has 2 amide bonds. The van der Waals surface area contributed by atoms with Crippen LogP contribution in [0.4, 0.5) is 0 Å². The van der Waals surface area contributed by atoms with Crippen molar-refractivity contribution in [1.29, 1.82) is 0 Å². The van der Waals surface area contributed by atoms with E-state index in [1.54, 1.807) is 67.6 Å². The van der Waals surface area contributed by atoms with Gasteiger partial charge in [0.25, 0.3) is 11.8 Å². The molecule has 0 aromatic heterocycles. The molecule has 0 saturated heterocycles. The van der Waals surface area contributed by atoms with Crippen LogP contribution in [0, 0.1) is 0 Å². The second-order valence-electron chi connectivity index (χ2n) is 6.17. The zero-order chi connectivity index (χ0) is 20.5. The highest BCUT2D eigenvalue weighted by molar-refractivity contribution is 5.95. The smallest absolute Gasteiger partial charge is 0.328 e. The van der Waals surface area contributed by atoms with Gasteiger partial charge in [-0.1, -0.05) is 55.5 Å². The van der Waals surface area contributed by atoms with E-state index in [0.29, 0.717) is 17.5 Å². The Hall–Kier alpha value is -3.19. The summed E-state index contributed by atoms with van der Waals surface area (Å²) in [5.74, 6) is -1.81. The van der Waals surface area contributed by atoms with Crippen molar-refractivity contribution in [3.63, 3.8) is 0 Å². The van der Waals surface area contributed by atoms with Crippen molar-refractivity contribution in [2.45, 2.75) is 31.5 Å². The Labute approximate surface area is 163 Å². The summed E-state index contributed by atoms with van der Waals surface area (Å²) >= 11 is 0. The number of aliphatic hydroxyl groups excluding tert-OH is 1. The van der Waals surface area contributed by atoms with E-state index in [1.807, 2.05) is 0 Å². The molecule has 0 heterocycles. The number of methoxy groups -OCH3 is 1. The lowest BCUT2D eigenvalue weighted by Gasteiger charge is -2.25. The van der Waals surface area contributed by atoms with Gasteiger partial charge in [0, 0.05) is 5.56 Å². The number of aliphatic hydroxyl groups is 1. The average molecular weight is 384 g/mol. The van der Waals surface area contributed by atoms with Crippen molar-refractivity contribution >= 4 is 17.8 Å². The van der Waals surface area contributed by atoms with Gasteiger partial charge in [-0.3, -0.25) is 9.59 Å². The summed E-state index contributed by atoms with van der Waals surface area (Å²) in [4.78, 5) is 36.8. The number of hydrogen-bond acceptors (Lipinski definition) is 5. The van der Waals surface area contributed by atoms with E-state index in [0.717, 1.165) is 0 Å². The van der Waals surface area contributed by atoms with Crippen molar-refractivity contribution in [1.82, 2.24) is 10.6 Å². The van der Waals surface area contributed by atoms with Crippen LogP contribution in [0.2, 0.25) is 0 Å². The molecule has 7 nitrogen and oxygen atoms in total. The molecule has 2 aromatic carbocycles. The molecule has 148 valence electrons. The minimum Gasteiger partial charge on any atom is -0.467 e. The van der Waals surface area contributed by atoms with Gasteiger partial charge in [0.1, 0.15) is 6.04 Å². The molecule has 0 aliphatic rings. The first-order valence-corrected chi connectivity index (χ1v) is 8.95. The fourth-order valence-electron chi connectivity index (χ4n) is 2.70. The molecule has 0 fully saturated rings. The number of ether oxygens (including phenoxy) is 1. The fraction of sp³-hybridized carbons (Fsp3) is 0.286. The van der Waals surface area contributed by atoms with Gasteiger partial charge in [-0.25, -0.2) is 4.79 Å². The summed E-state index contributed by atoms with van der Waals surface area (Å²) in [6, 6.07) is 15.3. The van der Waals surface area contributed by atoms with Crippen molar-refractivity contribution < 1.29 is 24.2 Å². The third-order valence-corrected chi connectivity index (χ3v) is 4.28. The third kappa shape index (κ3) is 5.40. The molecule has 0 saturated carbocycles. The predicted molar refractivity (Wildman–Crippen MR) is 103 cm³/mol. The maximum atomic E-state index is 12.6. The highest BCUT2D eigenvalue weighted by Gasteiger charge is 2.31. The quantitative estimate of drug-likeness (QED) is 0.600. The third-order valence-electron chi connectivity index (χ3n) is 4.28. The number of hydrogen-bond donors (Lipinski definition) is 3. The lowest BCUT2D eigenvalue weighted by atomic mass is 9.99. The van der Waals surface area contributed by atoms with E-state index in [1.165, 1.54) is 7.11 Å². The Morgan fingerprint density at radius 1 is 0.964 bits per heavy atom. The molecule has 0 bridgehead atoms. The number of carbonyl (C=O) groups excluding carboxylic acids is 3. The van der Waals surface area contributed by atoms with Crippen LogP contribution < -0.4 is 10.6 Å².